The van der Waals surface area contributed by atoms with Crippen molar-refractivity contribution in [2.24, 2.45) is 20.5 Å². The molecular weight excluding hydrogens is 592 g/mol. The van der Waals surface area contributed by atoms with Gasteiger partial charge in [-0.25, -0.2) is 10.1 Å². The number of benzene rings is 4. The zero-order valence-corrected chi connectivity index (χ0v) is 23.3. The second kappa shape index (κ2) is 12.8. The van der Waals surface area contributed by atoms with E-state index in [1.54, 1.807) is 24.3 Å². The minimum atomic E-state index is -4.67. The highest BCUT2D eigenvalue weighted by molar-refractivity contribution is 7.94. The lowest BCUT2D eigenvalue weighted by Crippen LogP contribution is -2.03. The Kier molecular flexibility index (Phi) is 9.17. The highest BCUT2D eigenvalue weighted by Gasteiger charge is 2.21. The molecule has 4 rings (SSSR count). The molecular formula is C25H20N6O9S2. The summed E-state index contributed by atoms with van der Waals surface area (Å²) < 4.78 is 48.2. The largest absolute Gasteiger partial charge is 0.505 e. The zero-order valence-electron chi connectivity index (χ0n) is 21.6. The van der Waals surface area contributed by atoms with Gasteiger partial charge in [0.15, 0.2) is 11.4 Å². The van der Waals surface area contributed by atoms with E-state index in [1.165, 1.54) is 32.4 Å². The van der Waals surface area contributed by atoms with Crippen LogP contribution >= 0.6 is 12.0 Å². The summed E-state index contributed by atoms with van der Waals surface area (Å²) in [5.41, 5.74) is 6.71. The molecule has 216 valence electrons. The molecule has 4 aromatic carbocycles. The van der Waals surface area contributed by atoms with Gasteiger partial charge in [-0.15, -0.1) is 19.7 Å². The number of ether oxygens (including phenoxy) is 2. The maximum Gasteiger partial charge on any atom is 0.296 e. The van der Waals surface area contributed by atoms with E-state index in [2.05, 4.69) is 34.7 Å². The maximum atomic E-state index is 11.7. The molecule has 0 aliphatic heterocycles. The van der Waals surface area contributed by atoms with Gasteiger partial charge in [-0.1, -0.05) is 17.2 Å². The molecule has 0 bridgehead atoms. The molecule has 42 heavy (non-hydrogen) atoms. The van der Waals surface area contributed by atoms with Gasteiger partial charge in [-0.3, -0.25) is 4.55 Å². The molecule has 0 atom stereocenters. The fraction of sp³-hybridized carbons (Fsp3) is 0.0800. The average molecular weight is 613 g/mol. The van der Waals surface area contributed by atoms with Crippen molar-refractivity contribution in [2.75, 3.05) is 20.0 Å². The summed E-state index contributed by atoms with van der Waals surface area (Å²) in [5, 5.41) is 40.2. The lowest BCUT2D eigenvalue weighted by atomic mass is 10.1. The molecule has 4 aromatic rings. The normalized spacial score (nSPS) is 11.8. The van der Waals surface area contributed by atoms with Crippen molar-refractivity contribution in [2.45, 2.75) is 9.79 Å². The van der Waals surface area contributed by atoms with Crippen molar-refractivity contribution in [3.05, 3.63) is 66.0 Å². The van der Waals surface area contributed by atoms with Gasteiger partial charge in [-0.05, 0) is 35.7 Å². The minimum absolute atomic E-state index is 0.0319. The zero-order chi connectivity index (χ0) is 30.4. The quantitative estimate of drug-likeness (QED) is 0.0267. The third-order valence-electron chi connectivity index (χ3n) is 5.60. The van der Waals surface area contributed by atoms with Crippen molar-refractivity contribution >= 4 is 67.1 Å². The van der Waals surface area contributed by atoms with Crippen LogP contribution in [0.5, 0.6) is 17.2 Å². The molecule has 0 fully saturated rings. The van der Waals surface area contributed by atoms with E-state index in [-0.39, 0.29) is 44.2 Å². The molecule has 0 amide bonds. The first kappa shape index (κ1) is 30.1. The van der Waals surface area contributed by atoms with Crippen molar-refractivity contribution in [3.8, 4) is 17.2 Å². The molecule has 17 heteroatoms. The van der Waals surface area contributed by atoms with Crippen LogP contribution in [-0.2, 0) is 19.5 Å². The van der Waals surface area contributed by atoms with Crippen molar-refractivity contribution < 1.29 is 42.2 Å². The number of nitrogens with zero attached hydrogens (tertiary/aromatic N) is 5. The number of methoxy groups -OCH3 is 2. The fourth-order valence-electron chi connectivity index (χ4n) is 3.66. The number of hydrogen-bond donors (Lipinski definition) is 4. The molecule has 0 aromatic heterocycles. The van der Waals surface area contributed by atoms with Crippen molar-refractivity contribution in [1.82, 2.24) is 0 Å². The van der Waals surface area contributed by atoms with E-state index in [0.29, 0.717) is 29.1 Å². The SMILES string of the molecule is [C-]#[N+]c1ccc(N=Nc2cc(OC)c(N=Nc3c(SOOO)cc4cc(S(=O)(=O)O)c(N)cc4c3O)cc2OC)cc1. The second-order valence-electron chi connectivity index (χ2n) is 8.11. The van der Waals surface area contributed by atoms with Gasteiger partial charge in [0, 0.05) is 17.5 Å². The predicted molar refractivity (Wildman–Crippen MR) is 151 cm³/mol. The van der Waals surface area contributed by atoms with Crippen LogP contribution in [0, 0.1) is 6.57 Å². The van der Waals surface area contributed by atoms with Crippen LogP contribution in [0.2, 0.25) is 0 Å². The Morgan fingerprint density at radius 1 is 0.929 bits per heavy atom. The Morgan fingerprint density at radius 3 is 2.10 bits per heavy atom. The van der Waals surface area contributed by atoms with Gasteiger partial charge < -0.3 is 20.3 Å². The molecule has 0 radical (unpaired) electrons. The van der Waals surface area contributed by atoms with Gasteiger partial charge >= 0.3 is 0 Å². The third-order valence-corrected chi connectivity index (χ3v) is 7.13. The second-order valence-corrected chi connectivity index (χ2v) is 10.2. The molecule has 5 N–H and O–H groups in total. The van der Waals surface area contributed by atoms with E-state index in [0.717, 1.165) is 12.1 Å². The molecule has 0 spiro atoms. The Labute approximate surface area is 242 Å². The smallest absolute Gasteiger partial charge is 0.296 e. The van der Waals surface area contributed by atoms with Crippen molar-refractivity contribution in [1.29, 1.82) is 0 Å². The van der Waals surface area contributed by atoms with Crippen LogP contribution in [0.25, 0.3) is 15.6 Å². The summed E-state index contributed by atoms with van der Waals surface area (Å²) in [4.78, 5) is 2.79. The Morgan fingerprint density at radius 2 is 1.55 bits per heavy atom. The number of phenolic OH excluding ortho intramolecular Hbond substituents is 1. The molecule has 0 unspecified atom stereocenters. The Hall–Kier alpha value is -4.83. The summed E-state index contributed by atoms with van der Waals surface area (Å²) in [6.45, 7) is 7.04. The maximum absolute atomic E-state index is 11.7. The number of fused-ring (bicyclic) bond motifs is 1. The molecule has 0 saturated heterocycles. The number of rotatable bonds is 10. The summed E-state index contributed by atoms with van der Waals surface area (Å²) in [6, 6.07) is 13.0. The van der Waals surface area contributed by atoms with E-state index in [4.69, 9.17) is 27.0 Å². The molecule has 0 aliphatic rings. The van der Waals surface area contributed by atoms with Gasteiger partial charge in [0.1, 0.15) is 33.5 Å². The Bertz CT molecular complexity index is 1860. The fourth-order valence-corrected chi connectivity index (χ4v) is 4.79. The third kappa shape index (κ3) is 6.55. The summed E-state index contributed by atoms with van der Waals surface area (Å²) in [7, 11) is -1.87. The lowest BCUT2D eigenvalue weighted by molar-refractivity contribution is -0.432. The number of anilines is 1. The van der Waals surface area contributed by atoms with E-state index in [1.807, 2.05) is 0 Å². The molecule has 15 nitrogen and oxygen atoms in total. The number of phenols is 1. The van der Waals surface area contributed by atoms with E-state index >= 15 is 0 Å². The van der Waals surface area contributed by atoms with E-state index < -0.39 is 20.8 Å². The van der Waals surface area contributed by atoms with Crippen LogP contribution < -0.4 is 15.2 Å². The van der Waals surface area contributed by atoms with Gasteiger partial charge in [0.25, 0.3) is 10.1 Å². The number of azo groups is 2. The summed E-state index contributed by atoms with van der Waals surface area (Å²) in [5.74, 6) is -0.0103. The monoisotopic (exact) mass is 612 g/mol. The van der Waals surface area contributed by atoms with Gasteiger partial charge in [-0.2, -0.15) is 13.5 Å². The summed E-state index contributed by atoms with van der Waals surface area (Å²) in [6.07, 6.45) is 0. The van der Waals surface area contributed by atoms with Crippen molar-refractivity contribution in [3.63, 3.8) is 0 Å². The topological polar surface area (TPSA) is 212 Å². The van der Waals surface area contributed by atoms with Crippen LogP contribution in [-0.4, -0.2) is 37.6 Å². The van der Waals surface area contributed by atoms with Crippen LogP contribution in [0.15, 0.2) is 84.8 Å². The van der Waals surface area contributed by atoms with E-state index in [9.17, 15) is 18.1 Å². The lowest BCUT2D eigenvalue weighted by Gasteiger charge is -2.12. The first-order valence-electron chi connectivity index (χ1n) is 11.4. The van der Waals surface area contributed by atoms with Crippen LogP contribution in [0.3, 0.4) is 0 Å². The first-order valence-corrected chi connectivity index (χ1v) is 13.6. The number of nitrogens with two attached hydrogens (primary N) is 1. The average Bonchev–Trinajstić information content (AvgIpc) is 2.98. The summed E-state index contributed by atoms with van der Waals surface area (Å²) >= 11 is 0.427. The number of aromatic hydroxyl groups is 1. The standard InChI is InChI=1S/C25H20N6O9S2/c1-27-14-4-6-15(7-5-14)28-29-18-11-21(38-3)19(12-20(18)37-2)30-31-24-22(41-40-39-33)8-13-9-23(42(34,35)36)17(26)10-16(13)25(24)32/h4-12,32-33H,26H2,2-3H3,(H,34,35,36). The minimum Gasteiger partial charge on any atom is -0.505 e. The first-order chi connectivity index (χ1) is 20.1. The molecule has 0 aliphatic carbocycles. The highest BCUT2D eigenvalue weighted by Crippen LogP contribution is 2.47. The van der Waals surface area contributed by atoms with Gasteiger partial charge in [0.2, 0.25) is 0 Å². The number of hydrogen-bond acceptors (Lipinski definition) is 14. The van der Waals surface area contributed by atoms with Crippen LogP contribution in [0.1, 0.15) is 0 Å². The van der Waals surface area contributed by atoms with Crippen LogP contribution in [0.4, 0.5) is 34.1 Å². The predicted octanol–water partition coefficient (Wildman–Crippen LogP) is 7.20. The van der Waals surface area contributed by atoms with Gasteiger partial charge in [0.05, 0.1) is 49.1 Å². The highest BCUT2D eigenvalue weighted by atomic mass is 32.2. The molecule has 0 heterocycles. The molecule has 0 saturated carbocycles. The number of nitrogen functional groups attached to an aromatic ring is 1. The Balaban J connectivity index is 1.78.